The third-order valence-corrected chi connectivity index (χ3v) is 4.09. The average Bonchev–Trinajstić information content (AvgIpc) is 2.39. The molecule has 0 aliphatic carbocycles. The molecule has 0 radical (unpaired) electrons. The summed E-state index contributed by atoms with van der Waals surface area (Å²) in [6, 6.07) is 8.71. The summed E-state index contributed by atoms with van der Waals surface area (Å²) >= 11 is 1.88. The van der Waals surface area contributed by atoms with Gasteiger partial charge in [-0.05, 0) is 49.3 Å². The highest BCUT2D eigenvalue weighted by molar-refractivity contribution is 8.02. The van der Waals surface area contributed by atoms with Crippen molar-refractivity contribution in [3.05, 3.63) is 58.5 Å². The molecule has 0 N–H and O–H groups in total. The zero-order chi connectivity index (χ0) is 14.1. The van der Waals surface area contributed by atoms with Gasteiger partial charge in [0.25, 0.3) is 0 Å². The van der Waals surface area contributed by atoms with E-state index in [2.05, 4.69) is 57.0 Å². The number of benzene rings is 1. The third-order valence-electron chi connectivity index (χ3n) is 3.19. The van der Waals surface area contributed by atoms with Gasteiger partial charge in [0.2, 0.25) is 0 Å². The Morgan fingerprint density at radius 3 is 2.79 bits per heavy atom. The van der Waals surface area contributed by atoms with Crippen molar-refractivity contribution in [2.75, 3.05) is 6.26 Å². The van der Waals surface area contributed by atoms with Crippen LogP contribution in [-0.4, -0.2) is 6.26 Å². The van der Waals surface area contributed by atoms with Crippen molar-refractivity contribution in [1.29, 1.82) is 0 Å². The van der Waals surface area contributed by atoms with Crippen molar-refractivity contribution in [3.8, 4) is 0 Å². The Balaban J connectivity index is 2.48. The van der Waals surface area contributed by atoms with E-state index in [1.54, 1.807) is 0 Å². The molecule has 0 saturated heterocycles. The molecule has 0 atom stereocenters. The van der Waals surface area contributed by atoms with Crippen LogP contribution >= 0.6 is 11.8 Å². The van der Waals surface area contributed by atoms with Crippen molar-refractivity contribution in [2.45, 2.75) is 46.0 Å². The summed E-state index contributed by atoms with van der Waals surface area (Å²) < 4.78 is 0. The van der Waals surface area contributed by atoms with Crippen LogP contribution < -0.4 is 0 Å². The molecule has 0 heterocycles. The molecule has 0 amide bonds. The fourth-order valence-electron chi connectivity index (χ4n) is 2.08. The van der Waals surface area contributed by atoms with Crippen LogP contribution in [-0.2, 0) is 6.42 Å². The van der Waals surface area contributed by atoms with E-state index in [0.29, 0.717) is 0 Å². The summed E-state index contributed by atoms with van der Waals surface area (Å²) in [6.07, 6.45) is 10.3. The van der Waals surface area contributed by atoms with Crippen molar-refractivity contribution < 1.29 is 0 Å². The van der Waals surface area contributed by atoms with Gasteiger partial charge < -0.3 is 0 Å². The standard InChI is InChI=1S/C18H26S/c1-5-6-10-18(19-4)12-11-16(3)14-17-9-7-8-15(2)13-17/h7-9,12-13H,3,5-6,10-11,14H2,1-2,4H3/b18-12-. The molecule has 0 aromatic heterocycles. The van der Waals surface area contributed by atoms with Crippen molar-refractivity contribution in [1.82, 2.24) is 0 Å². The molecular weight excluding hydrogens is 248 g/mol. The first-order valence-electron chi connectivity index (χ1n) is 7.11. The first kappa shape index (κ1) is 16.1. The molecule has 1 aromatic rings. The maximum Gasteiger partial charge on any atom is -0.00666 e. The summed E-state index contributed by atoms with van der Waals surface area (Å²) in [5, 5.41) is 0. The summed E-state index contributed by atoms with van der Waals surface area (Å²) in [7, 11) is 0. The van der Waals surface area contributed by atoms with Gasteiger partial charge in [0.15, 0.2) is 0 Å². The Morgan fingerprint density at radius 2 is 2.16 bits per heavy atom. The van der Waals surface area contributed by atoms with Gasteiger partial charge in [0.05, 0.1) is 0 Å². The summed E-state index contributed by atoms with van der Waals surface area (Å²) in [5.74, 6) is 0. The molecule has 0 saturated carbocycles. The van der Waals surface area contributed by atoms with Crippen molar-refractivity contribution in [3.63, 3.8) is 0 Å². The SMILES string of the molecule is C=C(C/C=C(/CCCC)SC)Cc1cccc(C)c1. The van der Waals surface area contributed by atoms with Gasteiger partial charge in [-0.15, -0.1) is 11.8 Å². The summed E-state index contributed by atoms with van der Waals surface area (Å²) in [4.78, 5) is 1.51. The number of hydrogen-bond donors (Lipinski definition) is 0. The van der Waals surface area contributed by atoms with E-state index in [1.807, 2.05) is 11.8 Å². The minimum atomic E-state index is 0.994. The number of thioether (sulfide) groups is 1. The minimum absolute atomic E-state index is 0.994. The lowest BCUT2D eigenvalue weighted by Gasteiger charge is -2.07. The molecule has 0 bridgehead atoms. The molecule has 0 fully saturated rings. The van der Waals surface area contributed by atoms with E-state index < -0.39 is 0 Å². The summed E-state index contributed by atoms with van der Waals surface area (Å²) in [5.41, 5.74) is 4.00. The van der Waals surface area contributed by atoms with Gasteiger partial charge in [-0.1, -0.05) is 61.4 Å². The van der Waals surface area contributed by atoms with Crippen LogP contribution in [0.5, 0.6) is 0 Å². The zero-order valence-corrected chi connectivity index (χ0v) is 13.4. The molecule has 0 spiro atoms. The summed E-state index contributed by atoms with van der Waals surface area (Å²) in [6.45, 7) is 8.60. The number of rotatable bonds is 8. The lowest BCUT2D eigenvalue weighted by atomic mass is 10.0. The Morgan fingerprint density at radius 1 is 1.37 bits per heavy atom. The van der Waals surface area contributed by atoms with Gasteiger partial charge in [0.1, 0.15) is 0 Å². The number of aryl methyl sites for hydroxylation is 1. The normalized spacial score (nSPS) is 11.6. The van der Waals surface area contributed by atoms with Crippen LogP contribution in [0.2, 0.25) is 0 Å². The molecule has 0 aliphatic heterocycles. The van der Waals surface area contributed by atoms with Crippen LogP contribution in [0, 0.1) is 6.92 Å². The molecule has 0 nitrogen and oxygen atoms in total. The van der Waals surface area contributed by atoms with E-state index in [1.165, 1.54) is 40.9 Å². The zero-order valence-electron chi connectivity index (χ0n) is 12.5. The van der Waals surface area contributed by atoms with E-state index in [0.717, 1.165) is 12.8 Å². The van der Waals surface area contributed by atoms with Gasteiger partial charge in [-0.2, -0.15) is 0 Å². The second kappa shape index (κ2) is 9.03. The van der Waals surface area contributed by atoms with Gasteiger partial charge in [-0.25, -0.2) is 0 Å². The minimum Gasteiger partial charge on any atom is -0.134 e. The van der Waals surface area contributed by atoms with Gasteiger partial charge in [-0.3, -0.25) is 0 Å². The Labute approximate surface area is 123 Å². The van der Waals surface area contributed by atoms with Crippen LogP contribution in [0.1, 0.15) is 43.7 Å². The van der Waals surface area contributed by atoms with Crippen LogP contribution in [0.25, 0.3) is 0 Å². The number of allylic oxidation sites excluding steroid dienone is 3. The second-order valence-corrected chi connectivity index (χ2v) is 6.03. The lowest BCUT2D eigenvalue weighted by Crippen LogP contribution is -1.90. The van der Waals surface area contributed by atoms with Crippen molar-refractivity contribution in [2.24, 2.45) is 0 Å². The molecule has 0 aliphatic rings. The van der Waals surface area contributed by atoms with Crippen LogP contribution in [0.3, 0.4) is 0 Å². The quantitative estimate of drug-likeness (QED) is 0.530. The average molecular weight is 274 g/mol. The fraction of sp³-hybridized carbons (Fsp3) is 0.444. The predicted octanol–water partition coefficient (Wildman–Crippen LogP) is 5.92. The lowest BCUT2D eigenvalue weighted by molar-refractivity contribution is 0.806. The maximum atomic E-state index is 4.21. The molecular formula is C18H26S. The van der Waals surface area contributed by atoms with Crippen LogP contribution in [0.4, 0.5) is 0 Å². The van der Waals surface area contributed by atoms with E-state index in [9.17, 15) is 0 Å². The fourth-order valence-corrected chi connectivity index (χ4v) is 2.68. The molecule has 104 valence electrons. The highest BCUT2D eigenvalue weighted by Crippen LogP contribution is 2.21. The first-order valence-corrected chi connectivity index (χ1v) is 8.33. The predicted molar refractivity (Wildman–Crippen MR) is 89.8 cm³/mol. The van der Waals surface area contributed by atoms with Crippen molar-refractivity contribution >= 4 is 11.8 Å². The van der Waals surface area contributed by atoms with E-state index in [4.69, 9.17) is 0 Å². The Kier molecular flexibility index (Phi) is 7.66. The van der Waals surface area contributed by atoms with Gasteiger partial charge in [0, 0.05) is 0 Å². The Hall–Kier alpha value is -0.950. The van der Waals surface area contributed by atoms with E-state index >= 15 is 0 Å². The van der Waals surface area contributed by atoms with E-state index in [-0.39, 0.29) is 0 Å². The second-order valence-electron chi connectivity index (χ2n) is 5.10. The molecule has 19 heavy (non-hydrogen) atoms. The number of unbranched alkanes of at least 4 members (excludes halogenated alkanes) is 1. The molecule has 1 rings (SSSR count). The Bertz CT molecular complexity index is 429. The molecule has 1 heteroatoms. The topological polar surface area (TPSA) is 0 Å². The highest BCUT2D eigenvalue weighted by atomic mass is 32.2. The number of hydrogen-bond acceptors (Lipinski definition) is 1. The highest BCUT2D eigenvalue weighted by Gasteiger charge is 1.99. The molecule has 0 unspecified atom stereocenters. The largest absolute Gasteiger partial charge is 0.134 e. The van der Waals surface area contributed by atoms with Gasteiger partial charge >= 0.3 is 0 Å². The first-order chi connectivity index (χ1) is 9.15. The molecule has 1 aromatic carbocycles. The smallest absolute Gasteiger partial charge is 0.00666 e. The third kappa shape index (κ3) is 6.68. The monoisotopic (exact) mass is 274 g/mol. The maximum absolute atomic E-state index is 4.21. The van der Waals surface area contributed by atoms with Crippen LogP contribution in [0.15, 0.2) is 47.4 Å².